The summed E-state index contributed by atoms with van der Waals surface area (Å²) in [5, 5.41) is 4.08. The Hall–Kier alpha value is -1.03. The monoisotopic (exact) mass is 353 g/mol. The zero-order chi connectivity index (χ0) is 14.5. The van der Waals surface area contributed by atoms with E-state index in [2.05, 4.69) is 41.2 Å². The predicted octanol–water partition coefficient (Wildman–Crippen LogP) is 5.39. The second-order valence-corrected chi connectivity index (χ2v) is 6.11. The Kier molecular flexibility index (Phi) is 5.46. The van der Waals surface area contributed by atoms with Gasteiger partial charge in [-0.25, -0.2) is 0 Å². The van der Waals surface area contributed by atoms with Gasteiger partial charge in [0.15, 0.2) is 0 Å². The molecule has 0 atom stereocenters. The Balaban J connectivity index is 2.20. The van der Waals surface area contributed by atoms with E-state index in [4.69, 9.17) is 16.3 Å². The fraction of sp³-hybridized carbons (Fsp3) is 0.250. The Morgan fingerprint density at radius 3 is 2.60 bits per heavy atom. The van der Waals surface area contributed by atoms with E-state index < -0.39 is 0 Å². The highest BCUT2D eigenvalue weighted by molar-refractivity contribution is 9.10. The van der Waals surface area contributed by atoms with Crippen molar-refractivity contribution < 1.29 is 4.74 Å². The van der Waals surface area contributed by atoms with Gasteiger partial charge >= 0.3 is 0 Å². The molecule has 0 spiro atoms. The fourth-order valence-electron chi connectivity index (χ4n) is 1.74. The van der Waals surface area contributed by atoms with E-state index in [0.29, 0.717) is 11.1 Å². The average Bonchev–Trinajstić information content (AvgIpc) is 2.41. The molecule has 0 heterocycles. The molecule has 4 heteroatoms. The van der Waals surface area contributed by atoms with Gasteiger partial charge in [-0.3, -0.25) is 0 Å². The van der Waals surface area contributed by atoms with Crippen molar-refractivity contribution in [3.63, 3.8) is 0 Å². The lowest BCUT2D eigenvalue weighted by Crippen LogP contribution is -2.22. The molecule has 0 aliphatic rings. The summed E-state index contributed by atoms with van der Waals surface area (Å²) in [5.74, 6) is 1.61. The number of hydrogen-bond acceptors (Lipinski definition) is 2. The van der Waals surface area contributed by atoms with Crippen LogP contribution in [0.2, 0.25) is 5.02 Å². The highest BCUT2D eigenvalue weighted by Crippen LogP contribution is 2.33. The minimum atomic E-state index is 0.435. The second-order valence-electron chi connectivity index (χ2n) is 4.82. The third kappa shape index (κ3) is 4.23. The summed E-state index contributed by atoms with van der Waals surface area (Å²) in [7, 11) is 0. The number of benzene rings is 2. The van der Waals surface area contributed by atoms with Gasteiger partial charge in [-0.15, -0.1) is 0 Å². The molecule has 0 aliphatic heterocycles. The number of nitrogens with one attached hydrogen (secondary N) is 1. The predicted molar refractivity (Wildman–Crippen MR) is 87.6 cm³/mol. The minimum Gasteiger partial charge on any atom is -0.456 e. The molecule has 20 heavy (non-hydrogen) atoms. The van der Waals surface area contributed by atoms with Crippen LogP contribution in [-0.2, 0) is 6.54 Å². The summed E-state index contributed by atoms with van der Waals surface area (Å²) in [6, 6.07) is 14.0. The summed E-state index contributed by atoms with van der Waals surface area (Å²) < 4.78 is 6.83. The fourth-order valence-corrected chi connectivity index (χ4v) is 2.50. The number of ether oxygens (including phenoxy) is 1. The lowest BCUT2D eigenvalue weighted by Gasteiger charge is -2.14. The van der Waals surface area contributed by atoms with Crippen LogP contribution in [0.25, 0.3) is 0 Å². The van der Waals surface area contributed by atoms with E-state index in [9.17, 15) is 0 Å². The first-order chi connectivity index (χ1) is 9.56. The van der Waals surface area contributed by atoms with E-state index in [1.807, 2.05) is 36.4 Å². The number of halogens is 2. The van der Waals surface area contributed by atoms with Crippen molar-refractivity contribution in [1.82, 2.24) is 5.32 Å². The molecule has 0 saturated carbocycles. The van der Waals surface area contributed by atoms with Gasteiger partial charge in [-0.05, 0) is 40.2 Å². The molecule has 0 fully saturated rings. The van der Waals surface area contributed by atoms with E-state index in [-0.39, 0.29) is 0 Å². The molecule has 0 saturated heterocycles. The van der Waals surface area contributed by atoms with Gasteiger partial charge in [0.05, 0.1) is 4.47 Å². The van der Waals surface area contributed by atoms with Gasteiger partial charge in [0.2, 0.25) is 0 Å². The smallest absolute Gasteiger partial charge is 0.141 e. The lowest BCUT2D eigenvalue weighted by atomic mass is 10.2. The maximum atomic E-state index is 5.98. The van der Waals surface area contributed by atoms with Gasteiger partial charge < -0.3 is 10.1 Å². The zero-order valence-corrected chi connectivity index (χ0v) is 13.8. The lowest BCUT2D eigenvalue weighted by molar-refractivity contribution is 0.467. The highest BCUT2D eigenvalue weighted by atomic mass is 79.9. The van der Waals surface area contributed by atoms with Crippen LogP contribution in [0.15, 0.2) is 46.9 Å². The molecule has 0 unspecified atom stereocenters. The van der Waals surface area contributed by atoms with Gasteiger partial charge in [0, 0.05) is 23.2 Å². The van der Waals surface area contributed by atoms with Crippen molar-refractivity contribution in [3.8, 4) is 11.5 Å². The average molecular weight is 355 g/mol. The molecule has 2 aromatic rings. The second kappa shape index (κ2) is 7.11. The first-order valence-electron chi connectivity index (χ1n) is 6.50. The third-order valence-corrected chi connectivity index (χ3v) is 3.64. The van der Waals surface area contributed by atoms with Crippen LogP contribution in [-0.4, -0.2) is 6.04 Å². The van der Waals surface area contributed by atoms with Gasteiger partial charge in [0.1, 0.15) is 11.5 Å². The normalized spacial score (nSPS) is 10.8. The maximum absolute atomic E-state index is 5.98. The topological polar surface area (TPSA) is 21.3 Å². The van der Waals surface area contributed by atoms with E-state index in [0.717, 1.165) is 28.1 Å². The van der Waals surface area contributed by atoms with Crippen molar-refractivity contribution in [2.24, 2.45) is 0 Å². The van der Waals surface area contributed by atoms with Crippen LogP contribution < -0.4 is 10.1 Å². The van der Waals surface area contributed by atoms with Crippen molar-refractivity contribution in [2.75, 3.05) is 0 Å². The van der Waals surface area contributed by atoms with Gasteiger partial charge in [-0.2, -0.15) is 0 Å². The van der Waals surface area contributed by atoms with Gasteiger partial charge in [-0.1, -0.05) is 43.6 Å². The molecule has 0 amide bonds. The number of hydrogen-bond donors (Lipinski definition) is 1. The molecular formula is C16H17BrClNO. The summed E-state index contributed by atoms with van der Waals surface area (Å²) >= 11 is 9.41. The van der Waals surface area contributed by atoms with Gasteiger partial charge in [0.25, 0.3) is 0 Å². The highest BCUT2D eigenvalue weighted by Gasteiger charge is 2.08. The number of rotatable bonds is 5. The van der Waals surface area contributed by atoms with Crippen LogP contribution in [0.3, 0.4) is 0 Å². The molecule has 0 bridgehead atoms. The van der Waals surface area contributed by atoms with Crippen molar-refractivity contribution >= 4 is 27.5 Å². The molecule has 1 N–H and O–H groups in total. The first kappa shape index (κ1) is 15.4. The SMILES string of the molecule is CC(C)NCc1ccccc1Oc1ccc(Cl)cc1Br. The minimum absolute atomic E-state index is 0.435. The molecular weight excluding hydrogens is 338 g/mol. The molecule has 106 valence electrons. The van der Waals surface area contributed by atoms with E-state index in [1.54, 1.807) is 0 Å². The zero-order valence-electron chi connectivity index (χ0n) is 11.5. The third-order valence-electron chi connectivity index (χ3n) is 2.79. The first-order valence-corrected chi connectivity index (χ1v) is 7.67. The van der Waals surface area contributed by atoms with E-state index in [1.165, 1.54) is 0 Å². The van der Waals surface area contributed by atoms with Crippen LogP contribution in [0.5, 0.6) is 11.5 Å². The Labute approximate surface area is 133 Å². The maximum Gasteiger partial charge on any atom is 0.141 e. The van der Waals surface area contributed by atoms with Crippen LogP contribution in [0.1, 0.15) is 19.4 Å². The summed E-state index contributed by atoms with van der Waals surface area (Å²) in [6.45, 7) is 5.03. The molecule has 2 nitrogen and oxygen atoms in total. The largest absolute Gasteiger partial charge is 0.456 e. The summed E-state index contributed by atoms with van der Waals surface area (Å²) in [6.07, 6.45) is 0. The molecule has 0 aliphatic carbocycles. The molecule has 0 radical (unpaired) electrons. The van der Waals surface area contributed by atoms with Crippen molar-refractivity contribution in [3.05, 3.63) is 57.5 Å². The standard InChI is InChI=1S/C16H17BrClNO/c1-11(2)19-10-12-5-3-4-6-15(12)20-16-8-7-13(18)9-14(16)17/h3-9,11,19H,10H2,1-2H3. The van der Waals surface area contributed by atoms with Crippen LogP contribution in [0, 0.1) is 0 Å². The quantitative estimate of drug-likeness (QED) is 0.777. The summed E-state index contributed by atoms with van der Waals surface area (Å²) in [4.78, 5) is 0. The van der Waals surface area contributed by atoms with Crippen molar-refractivity contribution in [2.45, 2.75) is 26.4 Å². The Morgan fingerprint density at radius 1 is 1.15 bits per heavy atom. The molecule has 2 rings (SSSR count). The number of para-hydroxylation sites is 1. The Bertz CT molecular complexity index is 586. The molecule has 0 aromatic heterocycles. The molecule has 2 aromatic carbocycles. The van der Waals surface area contributed by atoms with Crippen LogP contribution in [0.4, 0.5) is 0 Å². The van der Waals surface area contributed by atoms with E-state index >= 15 is 0 Å². The summed E-state index contributed by atoms with van der Waals surface area (Å²) in [5.41, 5.74) is 1.13. The van der Waals surface area contributed by atoms with Crippen molar-refractivity contribution in [1.29, 1.82) is 0 Å². The Morgan fingerprint density at radius 2 is 1.90 bits per heavy atom. The van der Waals surface area contributed by atoms with Crippen LogP contribution >= 0.6 is 27.5 Å².